The normalized spacial score (nSPS) is 11.1. The van der Waals surface area contributed by atoms with Crippen LogP contribution in [0.25, 0.3) is 0 Å². The Labute approximate surface area is 162 Å². The molecule has 0 saturated heterocycles. The maximum Gasteiger partial charge on any atom is 0.244 e. The summed E-state index contributed by atoms with van der Waals surface area (Å²) in [6, 6.07) is 18.0. The first-order chi connectivity index (χ1) is 12.8. The highest BCUT2D eigenvalue weighted by Gasteiger charge is 2.20. The number of nitrogens with one attached hydrogen (secondary N) is 1. The summed E-state index contributed by atoms with van der Waals surface area (Å²) in [6.45, 7) is 8.50. The summed E-state index contributed by atoms with van der Waals surface area (Å²) in [7, 11) is 0. The van der Waals surface area contributed by atoms with Gasteiger partial charge in [0.15, 0.2) is 0 Å². The van der Waals surface area contributed by atoms with Crippen LogP contribution in [0, 0.1) is 0 Å². The Kier molecular flexibility index (Phi) is 7.17. The van der Waals surface area contributed by atoms with E-state index in [2.05, 4.69) is 38.2 Å². The highest BCUT2D eigenvalue weighted by atomic mass is 16.2. The Morgan fingerprint density at radius 1 is 0.963 bits per heavy atom. The topological polar surface area (TPSA) is 49.4 Å². The van der Waals surface area contributed by atoms with Crippen LogP contribution >= 0.6 is 0 Å². The van der Waals surface area contributed by atoms with Gasteiger partial charge >= 0.3 is 0 Å². The average Bonchev–Trinajstić information content (AvgIpc) is 2.61. The maximum atomic E-state index is 12.5. The number of benzene rings is 2. The summed E-state index contributed by atoms with van der Waals surface area (Å²) in [5.41, 5.74) is 3.06. The van der Waals surface area contributed by atoms with Crippen LogP contribution in [0.3, 0.4) is 0 Å². The first-order valence-corrected chi connectivity index (χ1v) is 9.46. The highest BCUT2D eigenvalue weighted by molar-refractivity contribution is 5.95. The minimum atomic E-state index is -0.165. The Morgan fingerprint density at radius 3 is 2.22 bits per heavy atom. The standard InChI is InChI=1S/C23H30N2O2/c1-18(26)25(16-10-13-19-11-6-5-7-12-19)17-22(27)24-21-15-9-8-14-20(21)23(2,3)4/h5-9,11-12,14-15H,10,13,16-17H2,1-4H3,(H,24,27). The van der Waals surface area contributed by atoms with Crippen LogP contribution in [0.1, 0.15) is 45.2 Å². The molecule has 0 aliphatic rings. The molecule has 2 rings (SSSR count). The van der Waals surface area contributed by atoms with Crippen LogP contribution in [-0.4, -0.2) is 29.8 Å². The third-order valence-electron chi connectivity index (χ3n) is 4.53. The quantitative estimate of drug-likeness (QED) is 0.789. The van der Waals surface area contributed by atoms with Gasteiger partial charge < -0.3 is 10.2 Å². The molecule has 2 aromatic carbocycles. The van der Waals surface area contributed by atoms with E-state index in [9.17, 15) is 9.59 Å². The lowest BCUT2D eigenvalue weighted by atomic mass is 9.86. The molecule has 2 amide bonds. The van der Waals surface area contributed by atoms with Crippen molar-refractivity contribution >= 4 is 17.5 Å². The van der Waals surface area contributed by atoms with Crippen LogP contribution in [0.5, 0.6) is 0 Å². The van der Waals surface area contributed by atoms with Gasteiger partial charge in [-0.15, -0.1) is 0 Å². The van der Waals surface area contributed by atoms with Crippen LogP contribution < -0.4 is 5.32 Å². The molecule has 4 heteroatoms. The number of nitrogens with zero attached hydrogens (tertiary/aromatic N) is 1. The van der Waals surface area contributed by atoms with Gasteiger partial charge in [-0.3, -0.25) is 9.59 Å². The fraction of sp³-hybridized carbons (Fsp3) is 0.391. The van der Waals surface area contributed by atoms with Gasteiger partial charge in [0.25, 0.3) is 0 Å². The van der Waals surface area contributed by atoms with E-state index in [1.165, 1.54) is 12.5 Å². The first kappa shape index (κ1) is 20.7. The van der Waals surface area contributed by atoms with Crippen molar-refractivity contribution in [1.29, 1.82) is 0 Å². The van der Waals surface area contributed by atoms with Gasteiger partial charge in [-0.2, -0.15) is 0 Å². The van der Waals surface area contributed by atoms with Gasteiger partial charge in [0.1, 0.15) is 0 Å². The van der Waals surface area contributed by atoms with Crippen molar-refractivity contribution in [3.8, 4) is 0 Å². The van der Waals surface area contributed by atoms with Crippen LogP contribution in [0.15, 0.2) is 54.6 Å². The SMILES string of the molecule is CC(=O)N(CCCc1ccccc1)CC(=O)Nc1ccccc1C(C)(C)C. The molecule has 0 saturated carbocycles. The van der Waals surface area contributed by atoms with E-state index in [1.54, 1.807) is 4.90 Å². The molecule has 0 radical (unpaired) electrons. The number of para-hydroxylation sites is 1. The smallest absolute Gasteiger partial charge is 0.244 e. The van der Waals surface area contributed by atoms with Crippen LogP contribution in [0.2, 0.25) is 0 Å². The molecule has 0 fully saturated rings. The van der Waals surface area contributed by atoms with Crippen LogP contribution in [-0.2, 0) is 21.4 Å². The molecule has 2 aromatic rings. The maximum absolute atomic E-state index is 12.5. The monoisotopic (exact) mass is 366 g/mol. The van der Waals surface area contributed by atoms with E-state index in [0.29, 0.717) is 6.54 Å². The molecule has 144 valence electrons. The number of aryl methyl sites for hydroxylation is 1. The van der Waals surface area contributed by atoms with Gasteiger partial charge in [-0.05, 0) is 35.4 Å². The summed E-state index contributed by atoms with van der Waals surface area (Å²) in [5.74, 6) is -0.246. The molecule has 1 N–H and O–H groups in total. The molecule has 0 heterocycles. The second kappa shape index (κ2) is 9.36. The number of anilines is 1. The number of amides is 2. The lowest BCUT2D eigenvalue weighted by molar-refractivity contribution is -0.132. The molecule has 0 aromatic heterocycles. The van der Waals surface area contributed by atoms with E-state index in [1.807, 2.05) is 42.5 Å². The lowest BCUT2D eigenvalue weighted by Gasteiger charge is -2.24. The molecule has 27 heavy (non-hydrogen) atoms. The Balaban J connectivity index is 1.94. The first-order valence-electron chi connectivity index (χ1n) is 9.46. The number of carbonyl (C=O) groups excluding carboxylic acids is 2. The summed E-state index contributed by atoms with van der Waals surface area (Å²) in [4.78, 5) is 26.1. The molecule has 0 atom stereocenters. The minimum Gasteiger partial charge on any atom is -0.334 e. The van der Waals surface area contributed by atoms with Crippen LogP contribution in [0.4, 0.5) is 5.69 Å². The number of rotatable bonds is 7. The summed E-state index contributed by atoms with van der Waals surface area (Å²) in [5, 5.41) is 2.98. The number of carbonyl (C=O) groups is 2. The van der Waals surface area contributed by atoms with Gasteiger partial charge in [0, 0.05) is 19.2 Å². The van der Waals surface area contributed by atoms with Gasteiger partial charge in [-0.25, -0.2) is 0 Å². The second-order valence-electron chi connectivity index (χ2n) is 7.87. The van der Waals surface area contributed by atoms with Gasteiger partial charge in [0.05, 0.1) is 6.54 Å². The molecule has 0 bridgehead atoms. The van der Waals surface area contributed by atoms with E-state index in [-0.39, 0.29) is 23.8 Å². The second-order valence-corrected chi connectivity index (χ2v) is 7.87. The van der Waals surface area contributed by atoms with Crippen molar-refractivity contribution in [2.24, 2.45) is 0 Å². The predicted molar refractivity (Wildman–Crippen MR) is 111 cm³/mol. The molecular weight excluding hydrogens is 336 g/mol. The third kappa shape index (κ3) is 6.55. The summed E-state index contributed by atoms with van der Waals surface area (Å²) >= 11 is 0. The van der Waals surface area contributed by atoms with E-state index >= 15 is 0 Å². The zero-order chi connectivity index (χ0) is 19.9. The highest BCUT2D eigenvalue weighted by Crippen LogP contribution is 2.29. The van der Waals surface area contributed by atoms with Crippen molar-refractivity contribution < 1.29 is 9.59 Å². The van der Waals surface area contributed by atoms with E-state index in [0.717, 1.165) is 24.1 Å². The summed E-state index contributed by atoms with van der Waals surface area (Å²) < 4.78 is 0. The fourth-order valence-corrected chi connectivity index (χ4v) is 3.08. The Bertz CT molecular complexity index is 763. The molecule has 0 aliphatic carbocycles. The number of hydrogen-bond acceptors (Lipinski definition) is 2. The molecular formula is C23H30N2O2. The van der Waals surface area contributed by atoms with Gasteiger partial charge in [-0.1, -0.05) is 69.3 Å². The molecule has 0 unspecified atom stereocenters. The van der Waals surface area contributed by atoms with Crippen molar-refractivity contribution in [2.45, 2.75) is 46.0 Å². The largest absolute Gasteiger partial charge is 0.334 e. The van der Waals surface area contributed by atoms with Gasteiger partial charge in [0.2, 0.25) is 11.8 Å². The molecule has 0 aliphatic heterocycles. The Hall–Kier alpha value is -2.62. The minimum absolute atomic E-state index is 0.0696. The van der Waals surface area contributed by atoms with E-state index in [4.69, 9.17) is 0 Å². The number of hydrogen-bond donors (Lipinski definition) is 1. The lowest BCUT2D eigenvalue weighted by Crippen LogP contribution is -2.37. The zero-order valence-corrected chi connectivity index (χ0v) is 16.8. The predicted octanol–water partition coefficient (Wildman–Crippen LogP) is 4.40. The average molecular weight is 367 g/mol. The molecule has 4 nitrogen and oxygen atoms in total. The van der Waals surface area contributed by atoms with E-state index < -0.39 is 0 Å². The zero-order valence-electron chi connectivity index (χ0n) is 16.8. The van der Waals surface area contributed by atoms with Crippen molar-refractivity contribution in [3.05, 3.63) is 65.7 Å². The van der Waals surface area contributed by atoms with Crippen molar-refractivity contribution in [1.82, 2.24) is 4.90 Å². The fourth-order valence-electron chi connectivity index (χ4n) is 3.08. The third-order valence-corrected chi connectivity index (χ3v) is 4.53. The Morgan fingerprint density at radius 2 is 1.59 bits per heavy atom. The molecule has 0 spiro atoms. The summed E-state index contributed by atoms with van der Waals surface area (Å²) in [6.07, 6.45) is 1.72. The van der Waals surface area contributed by atoms with Crippen molar-refractivity contribution in [2.75, 3.05) is 18.4 Å². The van der Waals surface area contributed by atoms with Crippen molar-refractivity contribution in [3.63, 3.8) is 0 Å².